The first-order valence-electron chi connectivity index (χ1n) is 10.5. The molecule has 1 aliphatic heterocycles. The molecular formula is C23H24N6O2. The molecule has 1 aliphatic rings. The van der Waals surface area contributed by atoms with Crippen LogP contribution in [0.3, 0.4) is 0 Å². The van der Waals surface area contributed by atoms with E-state index in [1.807, 2.05) is 53.8 Å². The number of rotatable bonds is 3. The Hall–Kier alpha value is -3.68. The molecule has 3 aromatic heterocycles. The van der Waals surface area contributed by atoms with Crippen LogP contribution in [0.1, 0.15) is 28.5 Å². The average molecular weight is 416 g/mol. The first-order valence-corrected chi connectivity index (χ1v) is 10.5. The van der Waals surface area contributed by atoms with Crippen molar-refractivity contribution in [2.75, 3.05) is 31.1 Å². The third-order valence-corrected chi connectivity index (χ3v) is 5.61. The molecule has 1 amide bonds. The van der Waals surface area contributed by atoms with Crippen molar-refractivity contribution in [1.29, 1.82) is 0 Å². The molecule has 8 heteroatoms. The van der Waals surface area contributed by atoms with E-state index in [4.69, 9.17) is 19.5 Å². The van der Waals surface area contributed by atoms with Crippen LogP contribution >= 0.6 is 0 Å². The summed E-state index contributed by atoms with van der Waals surface area (Å²) < 4.78 is 7.18. The van der Waals surface area contributed by atoms with E-state index in [2.05, 4.69) is 4.90 Å². The van der Waals surface area contributed by atoms with Crippen LogP contribution in [0.5, 0.6) is 0 Å². The van der Waals surface area contributed by atoms with Crippen molar-refractivity contribution in [2.24, 2.45) is 0 Å². The molecule has 0 spiro atoms. The second-order valence-electron chi connectivity index (χ2n) is 7.74. The Labute approximate surface area is 180 Å². The summed E-state index contributed by atoms with van der Waals surface area (Å²) in [6.45, 7) is 6.69. The highest BCUT2D eigenvalue weighted by molar-refractivity contribution is 5.92. The molecule has 158 valence electrons. The minimum absolute atomic E-state index is 0.0658. The molecule has 31 heavy (non-hydrogen) atoms. The first-order chi connectivity index (χ1) is 15.1. The van der Waals surface area contributed by atoms with Gasteiger partial charge in [0.15, 0.2) is 11.4 Å². The molecule has 4 heterocycles. The minimum atomic E-state index is -0.0658. The summed E-state index contributed by atoms with van der Waals surface area (Å²) in [6.07, 6.45) is 2.38. The predicted molar refractivity (Wildman–Crippen MR) is 118 cm³/mol. The Kier molecular flexibility index (Phi) is 4.89. The number of carbonyl (C=O) groups excluding carboxylic acids is 1. The maximum absolute atomic E-state index is 12.7. The van der Waals surface area contributed by atoms with Gasteiger partial charge in [0.2, 0.25) is 0 Å². The zero-order valence-electron chi connectivity index (χ0n) is 17.7. The van der Waals surface area contributed by atoms with E-state index in [1.54, 1.807) is 12.1 Å². The lowest BCUT2D eigenvalue weighted by molar-refractivity contribution is 0.0735. The second-order valence-corrected chi connectivity index (χ2v) is 7.74. The van der Waals surface area contributed by atoms with Crippen LogP contribution in [-0.2, 0) is 0 Å². The summed E-state index contributed by atoms with van der Waals surface area (Å²) in [7, 11) is 0. The van der Waals surface area contributed by atoms with Gasteiger partial charge in [-0.25, -0.2) is 14.6 Å². The summed E-state index contributed by atoms with van der Waals surface area (Å²) in [5, 5.41) is 5.73. The molecular weight excluding hydrogens is 392 g/mol. The highest BCUT2D eigenvalue weighted by Gasteiger charge is 2.25. The third kappa shape index (κ3) is 3.54. The Balaban J connectivity index is 1.49. The number of hydrogen-bond donors (Lipinski definition) is 0. The Morgan fingerprint density at radius 3 is 2.58 bits per heavy atom. The fraction of sp³-hybridized carbons (Fsp3) is 0.304. The fourth-order valence-electron chi connectivity index (χ4n) is 4.13. The van der Waals surface area contributed by atoms with E-state index in [1.165, 1.54) is 6.26 Å². The molecule has 1 saturated heterocycles. The molecule has 0 N–H and O–H groups in total. The van der Waals surface area contributed by atoms with Crippen molar-refractivity contribution in [3.8, 4) is 5.69 Å². The number of para-hydroxylation sites is 1. The molecule has 0 atom stereocenters. The summed E-state index contributed by atoms with van der Waals surface area (Å²) in [6, 6.07) is 13.5. The van der Waals surface area contributed by atoms with Gasteiger partial charge in [-0.2, -0.15) is 5.10 Å². The summed E-state index contributed by atoms with van der Waals surface area (Å²) in [5.74, 6) is 1.90. The van der Waals surface area contributed by atoms with Crippen LogP contribution in [0.2, 0.25) is 0 Å². The monoisotopic (exact) mass is 416 g/mol. The number of carbonyl (C=O) groups is 1. The molecule has 0 unspecified atom stereocenters. The number of hydrogen-bond acceptors (Lipinski definition) is 6. The van der Waals surface area contributed by atoms with E-state index in [9.17, 15) is 4.79 Å². The molecule has 0 aliphatic carbocycles. The smallest absolute Gasteiger partial charge is 0.289 e. The molecule has 1 aromatic carbocycles. The number of amides is 1. The molecule has 4 aromatic rings. The zero-order valence-corrected chi connectivity index (χ0v) is 17.7. The topological polar surface area (TPSA) is 80.3 Å². The van der Waals surface area contributed by atoms with Crippen molar-refractivity contribution in [3.63, 3.8) is 0 Å². The van der Waals surface area contributed by atoms with Crippen LogP contribution in [-0.4, -0.2) is 56.7 Å². The average Bonchev–Trinajstić information content (AvgIpc) is 3.35. The van der Waals surface area contributed by atoms with Gasteiger partial charge in [-0.1, -0.05) is 18.2 Å². The molecule has 1 fully saturated rings. The molecule has 0 saturated carbocycles. The highest BCUT2D eigenvalue weighted by Crippen LogP contribution is 2.29. The molecule has 0 radical (unpaired) electrons. The normalized spacial score (nSPS) is 14.8. The van der Waals surface area contributed by atoms with E-state index < -0.39 is 0 Å². The molecule has 0 bridgehead atoms. The lowest BCUT2D eigenvalue weighted by Crippen LogP contribution is -2.35. The van der Waals surface area contributed by atoms with Gasteiger partial charge in [0.05, 0.1) is 23.0 Å². The van der Waals surface area contributed by atoms with E-state index in [0.717, 1.165) is 41.2 Å². The van der Waals surface area contributed by atoms with Crippen molar-refractivity contribution >= 4 is 22.8 Å². The van der Waals surface area contributed by atoms with Gasteiger partial charge in [-0.15, -0.1) is 0 Å². The van der Waals surface area contributed by atoms with Crippen LogP contribution in [0.15, 0.2) is 53.1 Å². The number of aryl methyl sites for hydroxylation is 2. The SMILES string of the molecule is Cc1nc(N2CCCN(C(=O)c3ccco3)CC2)c2c(C)nn(-c3ccccc3)c2n1. The number of benzene rings is 1. The number of aromatic nitrogens is 4. The quantitative estimate of drug-likeness (QED) is 0.509. The van der Waals surface area contributed by atoms with Crippen molar-refractivity contribution < 1.29 is 9.21 Å². The zero-order chi connectivity index (χ0) is 21.4. The lowest BCUT2D eigenvalue weighted by atomic mass is 10.2. The van der Waals surface area contributed by atoms with Crippen LogP contribution < -0.4 is 4.90 Å². The van der Waals surface area contributed by atoms with Crippen molar-refractivity contribution in [3.05, 3.63) is 66.0 Å². The maximum Gasteiger partial charge on any atom is 0.289 e. The van der Waals surface area contributed by atoms with Crippen LogP contribution in [0, 0.1) is 13.8 Å². The summed E-state index contributed by atoms with van der Waals surface area (Å²) >= 11 is 0. The Bertz CT molecular complexity index is 1220. The lowest BCUT2D eigenvalue weighted by Gasteiger charge is -2.23. The molecule has 5 rings (SSSR count). The Morgan fingerprint density at radius 1 is 0.968 bits per heavy atom. The highest BCUT2D eigenvalue weighted by atomic mass is 16.3. The maximum atomic E-state index is 12.7. The van der Waals surface area contributed by atoms with Crippen molar-refractivity contribution in [2.45, 2.75) is 20.3 Å². The number of nitrogens with zero attached hydrogens (tertiary/aromatic N) is 6. The van der Waals surface area contributed by atoms with Gasteiger partial charge in [0.25, 0.3) is 5.91 Å². The predicted octanol–water partition coefficient (Wildman–Crippen LogP) is 3.38. The largest absolute Gasteiger partial charge is 0.459 e. The Morgan fingerprint density at radius 2 is 1.81 bits per heavy atom. The fourth-order valence-corrected chi connectivity index (χ4v) is 4.13. The third-order valence-electron chi connectivity index (χ3n) is 5.61. The van der Waals surface area contributed by atoms with E-state index in [0.29, 0.717) is 31.2 Å². The van der Waals surface area contributed by atoms with Gasteiger partial charge in [0, 0.05) is 26.2 Å². The first kappa shape index (κ1) is 19.3. The number of fused-ring (bicyclic) bond motifs is 1. The van der Waals surface area contributed by atoms with Gasteiger partial charge in [-0.05, 0) is 44.5 Å². The van der Waals surface area contributed by atoms with Gasteiger partial charge >= 0.3 is 0 Å². The van der Waals surface area contributed by atoms with Gasteiger partial charge in [-0.3, -0.25) is 4.79 Å². The summed E-state index contributed by atoms with van der Waals surface area (Å²) in [5.41, 5.74) is 2.66. The minimum Gasteiger partial charge on any atom is -0.459 e. The standard InChI is InChI=1S/C23H24N6O2/c1-16-20-21(24-17(2)25-22(20)29(26-16)18-8-4-3-5-9-18)27-11-7-12-28(14-13-27)23(30)19-10-6-15-31-19/h3-6,8-10,15H,7,11-14H2,1-2H3. The van der Waals surface area contributed by atoms with Gasteiger partial charge < -0.3 is 14.2 Å². The number of furan rings is 1. The molecule has 8 nitrogen and oxygen atoms in total. The summed E-state index contributed by atoms with van der Waals surface area (Å²) in [4.78, 5) is 26.3. The van der Waals surface area contributed by atoms with Crippen molar-refractivity contribution in [1.82, 2.24) is 24.6 Å². The van der Waals surface area contributed by atoms with Gasteiger partial charge in [0.1, 0.15) is 11.6 Å². The second kappa shape index (κ2) is 7.86. The van der Waals surface area contributed by atoms with E-state index in [-0.39, 0.29) is 5.91 Å². The van der Waals surface area contributed by atoms with E-state index >= 15 is 0 Å². The van der Waals surface area contributed by atoms with Crippen LogP contribution in [0.4, 0.5) is 5.82 Å². The number of anilines is 1. The van der Waals surface area contributed by atoms with Crippen LogP contribution in [0.25, 0.3) is 16.7 Å².